The average Bonchev–Trinajstić information content (AvgIpc) is 1.85. The first-order valence-electron chi connectivity index (χ1n) is 3.23. The van der Waals surface area contributed by atoms with Crippen molar-refractivity contribution in [3.8, 4) is 0 Å². The summed E-state index contributed by atoms with van der Waals surface area (Å²) in [5.41, 5.74) is 0. The van der Waals surface area contributed by atoms with Crippen LogP contribution in [0.1, 0.15) is 6.92 Å². The van der Waals surface area contributed by atoms with Crippen LogP contribution in [-0.2, 0) is 0 Å². The van der Waals surface area contributed by atoms with Crippen LogP contribution in [0.5, 0.6) is 0 Å². The summed E-state index contributed by atoms with van der Waals surface area (Å²) in [6.45, 7) is 5.79. The molecule has 1 fully saturated rings. The number of imide groups is 1. The second kappa shape index (κ2) is 2.61. The smallest absolute Gasteiger partial charge is 0.294 e. The molecule has 0 saturated carbocycles. The third-order valence-corrected chi connectivity index (χ3v) is 1.37. The number of rotatable bonds is 1. The molecule has 5 nitrogen and oxygen atoms in total. The standard InChI is InChI=1S/C6H9N3O2/c1-3-9-4(2)7-5(10)8-6(9)11/h2-3H2,1H3,(H2,7,8,10,11). The number of carbonyl (C=O) groups excluding carboxylic acids is 2. The van der Waals surface area contributed by atoms with E-state index < -0.39 is 12.1 Å². The minimum Gasteiger partial charge on any atom is -0.294 e. The summed E-state index contributed by atoms with van der Waals surface area (Å²) in [4.78, 5) is 22.9. The number of hydrogen-bond acceptors (Lipinski definition) is 2. The topological polar surface area (TPSA) is 61.4 Å². The predicted molar refractivity (Wildman–Crippen MR) is 38.6 cm³/mol. The average molecular weight is 155 g/mol. The van der Waals surface area contributed by atoms with Crippen LogP contribution in [0.2, 0.25) is 0 Å². The van der Waals surface area contributed by atoms with Gasteiger partial charge in [0.1, 0.15) is 5.82 Å². The molecule has 1 heterocycles. The van der Waals surface area contributed by atoms with Gasteiger partial charge in [0.05, 0.1) is 0 Å². The SMILES string of the molecule is C=C1NC(=O)NC(=O)N1CC. The highest BCUT2D eigenvalue weighted by Gasteiger charge is 2.23. The van der Waals surface area contributed by atoms with E-state index in [9.17, 15) is 9.59 Å². The highest BCUT2D eigenvalue weighted by atomic mass is 16.2. The molecule has 0 radical (unpaired) electrons. The van der Waals surface area contributed by atoms with Gasteiger partial charge in [-0.15, -0.1) is 0 Å². The molecule has 5 heteroatoms. The van der Waals surface area contributed by atoms with Crippen LogP contribution in [0, 0.1) is 0 Å². The molecule has 2 N–H and O–H groups in total. The van der Waals surface area contributed by atoms with Gasteiger partial charge in [0.2, 0.25) is 0 Å². The fourth-order valence-corrected chi connectivity index (χ4v) is 0.851. The third-order valence-electron chi connectivity index (χ3n) is 1.37. The fraction of sp³-hybridized carbons (Fsp3) is 0.333. The molecule has 60 valence electrons. The summed E-state index contributed by atoms with van der Waals surface area (Å²) in [6.07, 6.45) is 0. The van der Waals surface area contributed by atoms with Gasteiger partial charge in [0.15, 0.2) is 0 Å². The van der Waals surface area contributed by atoms with E-state index >= 15 is 0 Å². The molecular weight excluding hydrogens is 146 g/mol. The largest absolute Gasteiger partial charge is 0.331 e. The van der Waals surface area contributed by atoms with Crippen molar-refractivity contribution in [1.82, 2.24) is 15.5 Å². The predicted octanol–water partition coefficient (Wildman–Crippen LogP) is 0.212. The maximum Gasteiger partial charge on any atom is 0.331 e. The Kier molecular flexibility index (Phi) is 1.80. The molecule has 0 spiro atoms. The zero-order valence-corrected chi connectivity index (χ0v) is 6.18. The number of amides is 4. The van der Waals surface area contributed by atoms with Crippen LogP contribution < -0.4 is 10.6 Å². The molecule has 0 atom stereocenters. The first-order valence-corrected chi connectivity index (χ1v) is 3.23. The van der Waals surface area contributed by atoms with Crippen molar-refractivity contribution in [2.45, 2.75) is 6.92 Å². The van der Waals surface area contributed by atoms with Gasteiger partial charge in [-0.05, 0) is 6.92 Å². The molecule has 11 heavy (non-hydrogen) atoms. The molecule has 0 aromatic carbocycles. The summed E-state index contributed by atoms with van der Waals surface area (Å²) >= 11 is 0. The Morgan fingerprint density at radius 2 is 2.09 bits per heavy atom. The molecule has 1 aliphatic rings. The number of nitrogens with one attached hydrogen (secondary N) is 2. The Morgan fingerprint density at radius 1 is 1.45 bits per heavy atom. The van der Waals surface area contributed by atoms with Crippen LogP contribution >= 0.6 is 0 Å². The van der Waals surface area contributed by atoms with Crippen molar-refractivity contribution in [2.75, 3.05) is 6.54 Å². The van der Waals surface area contributed by atoms with Crippen molar-refractivity contribution in [2.24, 2.45) is 0 Å². The monoisotopic (exact) mass is 155 g/mol. The van der Waals surface area contributed by atoms with Gasteiger partial charge in [-0.1, -0.05) is 6.58 Å². The molecule has 0 bridgehead atoms. The number of nitrogens with zero attached hydrogens (tertiary/aromatic N) is 1. The number of hydrogen-bond donors (Lipinski definition) is 2. The second-order valence-electron chi connectivity index (χ2n) is 2.08. The summed E-state index contributed by atoms with van der Waals surface area (Å²) in [5, 5.41) is 4.46. The molecule has 1 saturated heterocycles. The van der Waals surface area contributed by atoms with E-state index in [0.29, 0.717) is 12.4 Å². The minimum atomic E-state index is -0.523. The minimum absolute atomic E-state index is 0.321. The second-order valence-corrected chi connectivity index (χ2v) is 2.08. The number of urea groups is 2. The first-order chi connectivity index (χ1) is 5.15. The maximum atomic E-state index is 10.9. The summed E-state index contributed by atoms with van der Waals surface area (Å²) in [5.74, 6) is 0.321. The van der Waals surface area contributed by atoms with Gasteiger partial charge >= 0.3 is 12.1 Å². The fourth-order valence-electron chi connectivity index (χ4n) is 0.851. The van der Waals surface area contributed by atoms with Gasteiger partial charge in [-0.3, -0.25) is 15.5 Å². The van der Waals surface area contributed by atoms with Crippen molar-refractivity contribution in [3.63, 3.8) is 0 Å². The quantitative estimate of drug-likeness (QED) is 0.568. The lowest BCUT2D eigenvalue weighted by Crippen LogP contribution is -2.55. The Labute approximate surface area is 64.1 Å². The molecule has 1 rings (SSSR count). The molecule has 4 amide bonds. The lowest BCUT2D eigenvalue weighted by atomic mass is 10.5. The lowest BCUT2D eigenvalue weighted by molar-refractivity contribution is 0.195. The van der Waals surface area contributed by atoms with E-state index in [4.69, 9.17) is 0 Å². The van der Waals surface area contributed by atoms with Gasteiger partial charge in [-0.2, -0.15) is 0 Å². The van der Waals surface area contributed by atoms with Crippen LogP contribution in [0.25, 0.3) is 0 Å². The van der Waals surface area contributed by atoms with E-state index in [0.717, 1.165) is 0 Å². The maximum absolute atomic E-state index is 10.9. The summed E-state index contributed by atoms with van der Waals surface area (Å²) in [7, 11) is 0. The van der Waals surface area contributed by atoms with Crippen LogP contribution in [-0.4, -0.2) is 23.5 Å². The van der Waals surface area contributed by atoms with Crippen LogP contribution in [0.15, 0.2) is 12.4 Å². The summed E-state index contributed by atoms with van der Waals surface area (Å²) < 4.78 is 0. The normalized spacial score (nSPS) is 17.9. The van der Waals surface area contributed by atoms with Gasteiger partial charge < -0.3 is 0 Å². The van der Waals surface area contributed by atoms with E-state index in [1.807, 2.05) is 0 Å². The highest BCUT2D eigenvalue weighted by Crippen LogP contribution is 2.01. The molecule has 0 aromatic rings. The van der Waals surface area contributed by atoms with Crippen molar-refractivity contribution >= 4 is 12.1 Å². The molecule has 0 unspecified atom stereocenters. The zero-order chi connectivity index (χ0) is 8.43. The lowest BCUT2D eigenvalue weighted by Gasteiger charge is -2.27. The Bertz CT molecular complexity index is 204. The third kappa shape index (κ3) is 1.31. The Morgan fingerprint density at radius 3 is 2.55 bits per heavy atom. The van der Waals surface area contributed by atoms with E-state index in [1.165, 1.54) is 4.90 Å². The summed E-state index contributed by atoms with van der Waals surface area (Å²) in [6, 6.07) is -0.953. The first kappa shape index (κ1) is 7.59. The highest BCUT2D eigenvalue weighted by molar-refractivity contribution is 5.97. The Hall–Kier alpha value is -1.52. The van der Waals surface area contributed by atoms with E-state index in [-0.39, 0.29) is 0 Å². The van der Waals surface area contributed by atoms with Crippen LogP contribution in [0.4, 0.5) is 9.59 Å². The van der Waals surface area contributed by atoms with Gasteiger partial charge in [-0.25, -0.2) is 9.59 Å². The van der Waals surface area contributed by atoms with E-state index in [2.05, 4.69) is 17.2 Å². The van der Waals surface area contributed by atoms with Crippen molar-refractivity contribution in [1.29, 1.82) is 0 Å². The number of carbonyl (C=O) groups is 2. The van der Waals surface area contributed by atoms with Gasteiger partial charge in [0.25, 0.3) is 0 Å². The van der Waals surface area contributed by atoms with Crippen LogP contribution in [0.3, 0.4) is 0 Å². The van der Waals surface area contributed by atoms with E-state index in [1.54, 1.807) is 6.92 Å². The van der Waals surface area contributed by atoms with Crippen molar-refractivity contribution < 1.29 is 9.59 Å². The zero-order valence-electron chi connectivity index (χ0n) is 6.18. The molecule has 0 aromatic heterocycles. The van der Waals surface area contributed by atoms with Crippen molar-refractivity contribution in [3.05, 3.63) is 12.4 Å². The van der Waals surface area contributed by atoms with Gasteiger partial charge in [0, 0.05) is 6.54 Å². The Balaban J connectivity index is 2.74. The molecular formula is C6H9N3O2. The molecule has 0 aliphatic carbocycles. The molecule has 1 aliphatic heterocycles.